The van der Waals surface area contributed by atoms with Crippen molar-refractivity contribution in [1.29, 1.82) is 0 Å². The van der Waals surface area contributed by atoms with E-state index in [1.54, 1.807) is 6.20 Å². The molecule has 5 nitrogen and oxygen atoms in total. The highest BCUT2D eigenvalue weighted by atomic mass is 32.2. The van der Waals surface area contributed by atoms with E-state index in [1.165, 1.54) is 19.2 Å². The Morgan fingerprint density at radius 2 is 1.71 bits per heavy atom. The first-order valence-corrected chi connectivity index (χ1v) is 11.5. The van der Waals surface area contributed by atoms with Gasteiger partial charge in [0.05, 0.1) is 17.5 Å². The van der Waals surface area contributed by atoms with E-state index in [1.807, 2.05) is 60.7 Å². The maximum Gasteiger partial charge on any atom is 0.237 e. The van der Waals surface area contributed by atoms with Crippen LogP contribution < -0.4 is 15.2 Å². The van der Waals surface area contributed by atoms with Crippen LogP contribution in [-0.2, 0) is 0 Å². The number of nitrogens with one attached hydrogen (secondary N) is 1. The van der Waals surface area contributed by atoms with Gasteiger partial charge in [0.2, 0.25) is 5.88 Å². The van der Waals surface area contributed by atoms with Crippen LogP contribution in [0.15, 0.2) is 90.0 Å². The lowest BCUT2D eigenvalue weighted by molar-refractivity contribution is 0.400. The molecule has 0 fully saturated rings. The second-order valence-electron chi connectivity index (χ2n) is 7.75. The lowest BCUT2D eigenvalue weighted by Gasteiger charge is -2.13. The van der Waals surface area contributed by atoms with Gasteiger partial charge < -0.3 is 15.2 Å². The lowest BCUT2D eigenvalue weighted by atomic mass is 10.0. The molecule has 8 heteroatoms. The van der Waals surface area contributed by atoms with Crippen LogP contribution in [0.4, 0.5) is 20.3 Å². The Morgan fingerprint density at radius 3 is 2.49 bits per heavy atom. The highest BCUT2D eigenvalue weighted by molar-refractivity contribution is 8.00. The van der Waals surface area contributed by atoms with Crippen molar-refractivity contribution >= 4 is 34.4 Å². The average Bonchev–Trinajstić information content (AvgIpc) is 2.88. The molecule has 2 heterocycles. The number of halogens is 2. The summed E-state index contributed by atoms with van der Waals surface area (Å²) in [6, 6.07) is 23.1. The van der Waals surface area contributed by atoms with Gasteiger partial charge in [-0.2, -0.15) is 0 Å². The zero-order chi connectivity index (χ0) is 24.4. The van der Waals surface area contributed by atoms with Crippen LogP contribution in [0.25, 0.3) is 33.2 Å². The summed E-state index contributed by atoms with van der Waals surface area (Å²) in [6.07, 6.45) is 1.71. The lowest BCUT2D eigenvalue weighted by Crippen LogP contribution is -1.97. The molecule has 0 aliphatic rings. The number of nitrogen functional groups attached to an aromatic ring is 1. The standard InChI is InChI=1S/C27H20F2N4OS/c1-34-27-24(33-35-25-10-8-20(28)14-22(25)29)13-19(15-31-27)17-7-9-23-18(11-17)12-21(26(30)32-23)16-5-3-2-4-6-16/h2-15,33H,1H3,(H2,30,32). The molecule has 5 rings (SSSR count). The summed E-state index contributed by atoms with van der Waals surface area (Å²) < 4.78 is 35.7. The summed E-state index contributed by atoms with van der Waals surface area (Å²) in [5.74, 6) is -0.457. The number of methoxy groups -OCH3 is 1. The molecule has 0 aliphatic carbocycles. The van der Waals surface area contributed by atoms with E-state index in [0.29, 0.717) is 17.4 Å². The van der Waals surface area contributed by atoms with Crippen molar-refractivity contribution in [2.24, 2.45) is 0 Å². The number of rotatable bonds is 6. The van der Waals surface area contributed by atoms with Crippen LogP contribution >= 0.6 is 11.9 Å². The smallest absolute Gasteiger partial charge is 0.237 e. The Hall–Kier alpha value is -4.17. The Kier molecular flexibility index (Phi) is 6.20. The number of aromatic nitrogens is 2. The van der Waals surface area contributed by atoms with Crippen LogP contribution in [0.1, 0.15) is 0 Å². The van der Waals surface area contributed by atoms with E-state index in [-0.39, 0.29) is 4.90 Å². The van der Waals surface area contributed by atoms with Gasteiger partial charge >= 0.3 is 0 Å². The minimum atomic E-state index is -0.652. The molecule has 35 heavy (non-hydrogen) atoms. The second-order valence-corrected chi connectivity index (χ2v) is 8.60. The zero-order valence-corrected chi connectivity index (χ0v) is 19.4. The topological polar surface area (TPSA) is 73.1 Å². The number of hydrogen-bond donors (Lipinski definition) is 2. The molecule has 0 saturated heterocycles. The van der Waals surface area contributed by atoms with E-state index >= 15 is 0 Å². The molecule has 0 bridgehead atoms. The van der Waals surface area contributed by atoms with Crippen molar-refractivity contribution in [3.8, 4) is 28.1 Å². The van der Waals surface area contributed by atoms with Crippen molar-refractivity contribution < 1.29 is 13.5 Å². The summed E-state index contributed by atoms with van der Waals surface area (Å²) in [6.45, 7) is 0. The summed E-state index contributed by atoms with van der Waals surface area (Å²) in [4.78, 5) is 9.22. The normalized spacial score (nSPS) is 10.9. The van der Waals surface area contributed by atoms with Gasteiger partial charge in [0.1, 0.15) is 23.1 Å². The van der Waals surface area contributed by atoms with Crippen molar-refractivity contribution in [3.05, 3.63) is 96.7 Å². The van der Waals surface area contributed by atoms with Gasteiger partial charge in [-0.15, -0.1) is 0 Å². The number of benzene rings is 3. The Balaban J connectivity index is 1.49. The monoisotopic (exact) mass is 486 g/mol. The van der Waals surface area contributed by atoms with Crippen LogP contribution in [0.3, 0.4) is 0 Å². The fourth-order valence-corrected chi connectivity index (χ4v) is 4.39. The highest BCUT2D eigenvalue weighted by Gasteiger charge is 2.12. The summed E-state index contributed by atoms with van der Waals surface area (Å²) in [5.41, 5.74) is 11.2. The Labute approximate surface area is 205 Å². The zero-order valence-electron chi connectivity index (χ0n) is 18.6. The minimum absolute atomic E-state index is 0.252. The molecule has 0 aliphatic heterocycles. The first-order chi connectivity index (χ1) is 17.0. The van der Waals surface area contributed by atoms with Gasteiger partial charge in [0.15, 0.2) is 0 Å². The van der Waals surface area contributed by atoms with Crippen molar-refractivity contribution in [2.45, 2.75) is 4.90 Å². The SMILES string of the molecule is COc1ncc(-c2ccc3nc(N)c(-c4ccccc4)cc3c2)cc1NSc1ccc(F)cc1F. The van der Waals surface area contributed by atoms with Crippen LogP contribution in [0.5, 0.6) is 5.88 Å². The summed E-state index contributed by atoms with van der Waals surface area (Å²) in [7, 11) is 1.51. The number of hydrogen-bond acceptors (Lipinski definition) is 6. The minimum Gasteiger partial charge on any atom is -0.480 e. The van der Waals surface area contributed by atoms with E-state index < -0.39 is 11.6 Å². The van der Waals surface area contributed by atoms with Crippen molar-refractivity contribution in [1.82, 2.24) is 9.97 Å². The van der Waals surface area contributed by atoms with Gasteiger partial charge in [-0.3, -0.25) is 0 Å². The van der Waals surface area contributed by atoms with E-state index in [4.69, 9.17) is 10.5 Å². The summed E-state index contributed by atoms with van der Waals surface area (Å²) >= 11 is 1.01. The Bertz CT molecular complexity index is 1530. The molecular formula is C27H20F2N4OS. The van der Waals surface area contributed by atoms with Crippen molar-refractivity contribution in [2.75, 3.05) is 17.6 Å². The molecule has 0 atom stereocenters. The molecule has 3 N–H and O–H groups in total. The molecule has 0 radical (unpaired) electrons. The second kappa shape index (κ2) is 9.60. The van der Waals surface area contributed by atoms with E-state index in [9.17, 15) is 8.78 Å². The van der Waals surface area contributed by atoms with Crippen LogP contribution in [-0.4, -0.2) is 17.1 Å². The third-order valence-electron chi connectivity index (χ3n) is 5.47. The first-order valence-electron chi connectivity index (χ1n) is 10.7. The molecule has 0 saturated carbocycles. The predicted molar refractivity (Wildman–Crippen MR) is 137 cm³/mol. The third kappa shape index (κ3) is 4.74. The average molecular weight is 487 g/mol. The maximum absolute atomic E-state index is 14.0. The molecule has 0 amide bonds. The van der Waals surface area contributed by atoms with Gasteiger partial charge in [0.25, 0.3) is 0 Å². The third-order valence-corrected chi connectivity index (χ3v) is 6.34. The molecule has 2 aromatic heterocycles. The van der Waals surface area contributed by atoms with Gasteiger partial charge in [-0.25, -0.2) is 18.7 Å². The number of ether oxygens (including phenoxy) is 1. The Morgan fingerprint density at radius 1 is 0.886 bits per heavy atom. The number of nitrogens with two attached hydrogens (primary N) is 1. The summed E-state index contributed by atoms with van der Waals surface area (Å²) in [5, 5.41) is 0.934. The number of nitrogens with zero attached hydrogens (tertiary/aromatic N) is 2. The molecule has 5 aromatic rings. The molecule has 3 aromatic carbocycles. The number of fused-ring (bicyclic) bond motifs is 1. The largest absolute Gasteiger partial charge is 0.480 e. The predicted octanol–water partition coefficient (Wildman–Crippen LogP) is 6.95. The molecule has 0 spiro atoms. The van der Waals surface area contributed by atoms with Crippen LogP contribution in [0.2, 0.25) is 0 Å². The maximum atomic E-state index is 14.0. The van der Waals surface area contributed by atoms with Crippen LogP contribution in [0, 0.1) is 11.6 Å². The molecule has 0 unspecified atom stereocenters. The van der Waals surface area contributed by atoms with E-state index in [2.05, 4.69) is 14.7 Å². The molecular weight excluding hydrogens is 466 g/mol. The fourth-order valence-electron chi connectivity index (χ4n) is 3.73. The quantitative estimate of drug-likeness (QED) is 0.253. The van der Waals surface area contributed by atoms with Gasteiger partial charge in [0, 0.05) is 28.8 Å². The van der Waals surface area contributed by atoms with Gasteiger partial charge in [-0.1, -0.05) is 36.4 Å². The highest BCUT2D eigenvalue weighted by Crippen LogP contribution is 2.35. The van der Waals surface area contributed by atoms with E-state index in [0.717, 1.165) is 51.2 Å². The fraction of sp³-hybridized carbons (Fsp3) is 0.0370. The molecule has 174 valence electrons. The number of anilines is 2. The van der Waals surface area contributed by atoms with Crippen molar-refractivity contribution in [3.63, 3.8) is 0 Å². The van der Waals surface area contributed by atoms with Gasteiger partial charge in [-0.05, 0) is 59.5 Å². The first kappa shape index (κ1) is 22.6. The number of pyridine rings is 2.